The SMILES string of the molecule is Fc1ccc(C(F)F)c([B-](F)(F)F)c1.[K+]. The quantitative estimate of drug-likeness (QED) is 0.506. The van der Waals surface area contributed by atoms with E-state index in [-0.39, 0.29) is 57.5 Å². The first-order chi connectivity index (χ1) is 6.32. The van der Waals surface area contributed by atoms with E-state index in [2.05, 4.69) is 0 Å². The van der Waals surface area contributed by atoms with Gasteiger partial charge in [0.2, 0.25) is 0 Å². The summed E-state index contributed by atoms with van der Waals surface area (Å²) in [5, 5.41) is 0. The Morgan fingerprint density at radius 3 is 2.00 bits per heavy atom. The molecule has 0 radical (unpaired) electrons. The number of benzene rings is 1. The van der Waals surface area contributed by atoms with Gasteiger partial charge in [-0.15, -0.1) is 0 Å². The molecule has 1 rings (SSSR count). The molecule has 0 bridgehead atoms. The summed E-state index contributed by atoms with van der Waals surface area (Å²) in [5.74, 6) is -1.18. The molecule has 0 fully saturated rings. The summed E-state index contributed by atoms with van der Waals surface area (Å²) in [6.07, 6.45) is -3.26. The third-order valence-corrected chi connectivity index (χ3v) is 1.64. The van der Waals surface area contributed by atoms with Crippen LogP contribution in [-0.4, -0.2) is 6.98 Å². The molecule has 0 aromatic heterocycles. The Hall–Kier alpha value is 0.501. The van der Waals surface area contributed by atoms with Crippen LogP contribution in [0.5, 0.6) is 0 Å². The Morgan fingerprint density at radius 2 is 1.60 bits per heavy atom. The van der Waals surface area contributed by atoms with Gasteiger partial charge in [0, 0.05) is 0 Å². The van der Waals surface area contributed by atoms with Crippen LogP contribution in [0.25, 0.3) is 0 Å². The maximum Gasteiger partial charge on any atom is 1.00 e. The molecule has 15 heavy (non-hydrogen) atoms. The predicted octanol–water partition coefficient (Wildman–Crippen LogP) is -0.178. The smallest absolute Gasteiger partial charge is 0.445 e. The van der Waals surface area contributed by atoms with Crippen LogP contribution in [0.3, 0.4) is 0 Å². The third kappa shape index (κ3) is 4.10. The van der Waals surface area contributed by atoms with Crippen molar-refractivity contribution in [2.45, 2.75) is 6.43 Å². The number of alkyl halides is 2. The van der Waals surface area contributed by atoms with Gasteiger partial charge in [-0.25, -0.2) is 13.2 Å². The number of hydrogen-bond donors (Lipinski definition) is 0. The van der Waals surface area contributed by atoms with Crippen LogP contribution < -0.4 is 56.8 Å². The average Bonchev–Trinajstić information content (AvgIpc) is 2.01. The fraction of sp³-hybridized carbons (Fsp3) is 0.143. The molecule has 0 saturated carbocycles. The molecule has 0 amide bonds. The number of halogens is 6. The summed E-state index contributed by atoms with van der Waals surface area (Å²) >= 11 is 0. The number of hydrogen-bond acceptors (Lipinski definition) is 0. The van der Waals surface area contributed by atoms with E-state index in [0.717, 1.165) is 0 Å². The van der Waals surface area contributed by atoms with E-state index >= 15 is 0 Å². The molecular formula is C7H4BF6K. The molecule has 0 unspecified atom stereocenters. The van der Waals surface area contributed by atoms with Crippen LogP contribution in [0.1, 0.15) is 12.0 Å². The van der Waals surface area contributed by atoms with E-state index in [1.165, 1.54) is 0 Å². The Labute approximate surface area is 125 Å². The van der Waals surface area contributed by atoms with E-state index in [4.69, 9.17) is 0 Å². The van der Waals surface area contributed by atoms with Crippen LogP contribution in [0.4, 0.5) is 26.1 Å². The predicted molar refractivity (Wildman–Crippen MR) is 40.1 cm³/mol. The second-order valence-corrected chi connectivity index (χ2v) is 2.65. The topological polar surface area (TPSA) is 0 Å². The summed E-state index contributed by atoms with van der Waals surface area (Å²) in [7, 11) is 0. The molecule has 0 spiro atoms. The zero-order valence-electron chi connectivity index (χ0n) is 7.65. The molecule has 0 heterocycles. The van der Waals surface area contributed by atoms with Crippen LogP contribution in [0, 0.1) is 5.82 Å². The first-order valence-electron chi connectivity index (χ1n) is 3.60. The molecule has 0 aliphatic carbocycles. The van der Waals surface area contributed by atoms with Gasteiger partial charge in [-0.1, -0.05) is 17.6 Å². The van der Waals surface area contributed by atoms with E-state index in [9.17, 15) is 26.1 Å². The van der Waals surface area contributed by atoms with Gasteiger partial charge in [-0.05, 0) is 11.6 Å². The standard InChI is InChI=1S/C7H4BF6.K/c9-4-1-2-5(7(10)11)6(3-4)8(12,13)14;/h1-3,7H;/q-1;+1. The minimum absolute atomic E-state index is 0. The van der Waals surface area contributed by atoms with Gasteiger partial charge in [-0.3, -0.25) is 0 Å². The molecule has 0 atom stereocenters. The van der Waals surface area contributed by atoms with Crippen molar-refractivity contribution in [3.63, 3.8) is 0 Å². The Morgan fingerprint density at radius 1 is 1.07 bits per heavy atom. The van der Waals surface area contributed by atoms with Crippen molar-refractivity contribution in [1.82, 2.24) is 0 Å². The monoisotopic (exact) mass is 252 g/mol. The normalized spacial score (nSPS) is 11.4. The van der Waals surface area contributed by atoms with Crippen LogP contribution >= 0.6 is 0 Å². The first-order valence-corrected chi connectivity index (χ1v) is 3.60. The van der Waals surface area contributed by atoms with E-state index in [0.29, 0.717) is 12.1 Å². The maximum absolute atomic E-state index is 12.4. The van der Waals surface area contributed by atoms with E-state index in [1.807, 2.05) is 0 Å². The molecule has 0 aliphatic rings. The summed E-state index contributed by atoms with van der Waals surface area (Å²) < 4.78 is 73.0. The summed E-state index contributed by atoms with van der Waals surface area (Å²) in [6, 6.07) is 1.11. The van der Waals surface area contributed by atoms with Crippen molar-refractivity contribution in [3.05, 3.63) is 29.6 Å². The molecule has 78 valence electrons. The van der Waals surface area contributed by atoms with Crippen LogP contribution in [0.2, 0.25) is 0 Å². The minimum atomic E-state index is -5.61. The van der Waals surface area contributed by atoms with Gasteiger partial charge in [-0.2, -0.15) is 0 Å². The van der Waals surface area contributed by atoms with Gasteiger partial charge < -0.3 is 12.9 Å². The largest absolute Gasteiger partial charge is 1.00 e. The molecule has 1 aromatic carbocycles. The van der Waals surface area contributed by atoms with Gasteiger partial charge in [0.15, 0.2) is 0 Å². The Bertz CT molecular complexity index is 337. The Balaban J connectivity index is 0.00000196. The van der Waals surface area contributed by atoms with Crippen molar-refractivity contribution in [1.29, 1.82) is 0 Å². The van der Waals surface area contributed by atoms with Gasteiger partial charge in [0.1, 0.15) is 5.82 Å². The summed E-state index contributed by atoms with van der Waals surface area (Å²) in [5.41, 5.74) is -2.75. The van der Waals surface area contributed by atoms with Crippen molar-refractivity contribution in [3.8, 4) is 0 Å². The van der Waals surface area contributed by atoms with Gasteiger partial charge in [0.05, 0.1) is 0 Å². The fourth-order valence-electron chi connectivity index (χ4n) is 1.03. The van der Waals surface area contributed by atoms with Crippen LogP contribution in [-0.2, 0) is 0 Å². The van der Waals surface area contributed by atoms with Crippen LogP contribution in [0.15, 0.2) is 18.2 Å². The van der Waals surface area contributed by atoms with Crippen molar-refractivity contribution in [2.75, 3.05) is 0 Å². The maximum atomic E-state index is 12.4. The fourth-order valence-corrected chi connectivity index (χ4v) is 1.03. The minimum Gasteiger partial charge on any atom is -0.445 e. The molecule has 0 saturated heterocycles. The molecular weight excluding hydrogens is 248 g/mol. The van der Waals surface area contributed by atoms with Gasteiger partial charge in [0.25, 0.3) is 6.43 Å². The Kier molecular flexibility index (Phi) is 5.91. The second-order valence-electron chi connectivity index (χ2n) is 2.65. The van der Waals surface area contributed by atoms with Crippen molar-refractivity contribution >= 4 is 12.4 Å². The molecule has 0 nitrogen and oxygen atoms in total. The zero-order chi connectivity index (χ0) is 10.9. The molecule has 0 N–H and O–H groups in total. The van der Waals surface area contributed by atoms with E-state index < -0.39 is 30.2 Å². The number of rotatable bonds is 2. The molecule has 0 aliphatic heterocycles. The van der Waals surface area contributed by atoms with Crippen molar-refractivity contribution < 1.29 is 77.5 Å². The third-order valence-electron chi connectivity index (χ3n) is 1.64. The summed E-state index contributed by atoms with van der Waals surface area (Å²) in [6.45, 7) is -5.61. The summed E-state index contributed by atoms with van der Waals surface area (Å²) in [4.78, 5) is 0. The van der Waals surface area contributed by atoms with E-state index in [1.54, 1.807) is 0 Å². The first kappa shape index (κ1) is 15.5. The molecule has 1 aromatic rings. The second kappa shape index (κ2) is 5.72. The molecule has 8 heteroatoms. The average molecular weight is 252 g/mol. The van der Waals surface area contributed by atoms with Gasteiger partial charge >= 0.3 is 58.4 Å². The van der Waals surface area contributed by atoms with Crippen molar-refractivity contribution in [2.24, 2.45) is 0 Å². The zero-order valence-corrected chi connectivity index (χ0v) is 10.8.